The third-order valence-corrected chi connectivity index (χ3v) is 3.61. The van der Waals surface area contributed by atoms with E-state index in [1.165, 1.54) is 32.1 Å². The third-order valence-electron chi connectivity index (χ3n) is 3.42. The summed E-state index contributed by atoms with van der Waals surface area (Å²) in [5.74, 6) is 1.46. The first-order valence-electron chi connectivity index (χ1n) is 5.52. The SMILES string of the molecule is CC(C)C1(NCCCl)CCCCC1. The van der Waals surface area contributed by atoms with Crippen molar-refractivity contribution in [1.82, 2.24) is 5.32 Å². The predicted octanol–water partition coefficient (Wildman–Crippen LogP) is 3.17. The standard InChI is InChI=1S/C11H22ClN/c1-10(2)11(13-9-8-12)6-4-3-5-7-11/h10,13H,3-9H2,1-2H3. The molecule has 0 aliphatic heterocycles. The lowest BCUT2D eigenvalue weighted by atomic mass is 9.74. The predicted molar refractivity (Wildman–Crippen MR) is 59.4 cm³/mol. The molecule has 1 fully saturated rings. The van der Waals surface area contributed by atoms with Gasteiger partial charge in [0.2, 0.25) is 0 Å². The van der Waals surface area contributed by atoms with E-state index < -0.39 is 0 Å². The van der Waals surface area contributed by atoms with Crippen molar-refractivity contribution in [3.05, 3.63) is 0 Å². The molecule has 0 spiro atoms. The van der Waals surface area contributed by atoms with E-state index in [1.54, 1.807) is 0 Å². The van der Waals surface area contributed by atoms with Crippen molar-refractivity contribution >= 4 is 11.6 Å². The zero-order valence-corrected chi connectivity index (χ0v) is 9.66. The maximum absolute atomic E-state index is 5.72. The lowest BCUT2D eigenvalue weighted by Crippen LogP contribution is -2.51. The van der Waals surface area contributed by atoms with E-state index in [-0.39, 0.29) is 0 Å². The Kier molecular flexibility index (Phi) is 4.54. The van der Waals surface area contributed by atoms with Crippen LogP contribution in [0.3, 0.4) is 0 Å². The highest BCUT2D eigenvalue weighted by molar-refractivity contribution is 6.18. The van der Waals surface area contributed by atoms with Gasteiger partial charge in [-0.05, 0) is 18.8 Å². The van der Waals surface area contributed by atoms with Crippen LogP contribution < -0.4 is 5.32 Å². The molecule has 0 unspecified atom stereocenters. The van der Waals surface area contributed by atoms with Gasteiger partial charge in [0.25, 0.3) is 0 Å². The fourth-order valence-electron chi connectivity index (χ4n) is 2.44. The van der Waals surface area contributed by atoms with E-state index in [1.807, 2.05) is 0 Å². The van der Waals surface area contributed by atoms with E-state index in [4.69, 9.17) is 11.6 Å². The highest BCUT2D eigenvalue weighted by Crippen LogP contribution is 2.34. The molecule has 1 saturated carbocycles. The molecular weight excluding hydrogens is 182 g/mol. The minimum absolute atomic E-state index is 0.396. The molecule has 1 rings (SSSR count). The highest BCUT2D eigenvalue weighted by Gasteiger charge is 2.33. The number of hydrogen-bond donors (Lipinski definition) is 1. The number of alkyl halides is 1. The Morgan fingerprint density at radius 3 is 2.31 bits per heavy atom. The first-order chi connectivity index (χ1) is 6.21. The number of halogens is 1. The van der Waals surface area contributed by atoms with E-state index in [9.17, 15) is 0 Å². The first-order valence-corrected chi connectivity index (χ1v) is 6.06. The summed E-state index contributed by atoms with van der Waals surface area (Å²) in [6.07, 6.45) is 6.85. The van der Waals surface area contributed by atoms with Crippen LogP contribution in [0.2, 0.25) is 0 Å². The molecule has 0 aromatic heterocycles. The molecule has 0 amide bonds. The van der Waals surface area contributed by atoms with E-state index in [2.05, 4.69) is 19.2 Å². The molecule has 0 radical (unpaired) electrons. The second-order valence-electron chi connectivity index (χ2n) is 4.49. The monoisotopic (exact) mass is 203 g/mol. The maximum Gasteiger partial charge on any atom is 0.0348 e. The quantitative estimate of drug-likeness (QED) is 0.693. The second-order valence-corrected chi connectivity index (χ2v) is 4.87. The Morgan fingerprint density at radius 2 is 1.85 bits per heavy atom. The third kappa shape index (κ3) is 2.85. The smallest absolute Gasteiger partial charge is 0.0348 e. The van der Waals surface area contributed by atoms with E-state index in [0.29, 0.717) is 5.54 Å². The van der Waals surface area contributed by atoms with Gasteiger partial charge in [0.1, 0.15) is 0 Å². The Hall–Kier alpha value is 0.250. The van der Waals surface area contributed by atoms with Crippen LogP contribution in [0.5, 0.6) is 0 Å². The van der Waals surface area contributed by atoms with Crippen LogP contribution in [-0.2, 0) is 0 Å². The second kappa shape index (κ2) is 5.21. The van der Waals surface area contributed by atoms with E-state index >= 15 is 0 Å². The molecule has 1 aliphatic carbocycles. The molecule has 0 heterocycles. The highest BCUT2D eigenvalue weighted by atomic mass is 35.5. The summed E-state index contributed by atoms with van der Waals surface area (Å²) >= 11 is 5.72. The van der Waals surface area contributed by atoms with Crippen molar-refractivity contribution in [3.8, 4) is 0 Å². The summed E-state index contributed by atoms with van der Waals surface area (Å²) in [6, 6.07) is 0. The summed E-state index contributed by atoms with van der Waals surface area (Å²) in [5.41, 5.74) is 0.396. The molecule has 0 bridgehead atoms. The van der Waals surface area contributed by atoms with Crippen molar-refractivity contribution in [1.29, 1.82) is 0 Å². The summed E-state index contributed by atoms with van der Waals surface area (Å²) in [5, 5.41) is 3.65. The normalized spacial score (nSPS) is 22.2. The summed E-state index contributed by atoms with van der Waals surface area (Å²) in [7, 11) is 0. The van der Waals surface area contributed by atoms with Crippen LogP contribution in [0.25, 0.3) is 0 Å². The summed E-state index contributed by atoms with van der Waals surface area (Å²) in [6.45, 7) is 5.61. The fraction of sp³-hybridized carbons (Fsp3) is 1.00. The minimum Gasteiger partial charge on any atom is -0.310 e. The van der Waals surface area contributed by atoms with Gasteiger partial charge in [-0.2, -0.15) is 0 Å². The minimum atomic E-state index is 0.396. The van der Waals surface area contributed by atoms with Gasteiger partial charge in [-0.15, -0.1) is 11.6 Å². The number of nitrogens with one attached hydrogen (secondary N) is 1. The van der Waals surface area contributed by atoms with Gasteiger partial charge in [0, 0.05) is 18.0 Å². The molecular formula is C11H22ClN. The van der Waals surface area contributed by atoms with Crippen LogP contribution >= 0.6 is 11.6 Å². The largest absolute Gasteiger partial charge is 0.310 e. The number of rotatable bonds is 4. The molecule has 1 N–H and O–H groups in total. The van der Waals surface area contributed by atoms with Gasteiger partial charge < -0.3 is 5.32 Å². The van der Waals surface area contributed by atoms with Gasteiger partial charge in [-0.1, -0.05) is 33.1 Å². The topological polar surface area (TPSA) is 12.0 Å². The zero-order valence-electron chi connectivity index (χ0n) is 8.91. The van der Waals surface area contributed by atoms with Crippen LogP contribution in [0, 0.1) is 5.92 Å². The van der Waals surface area contributed by atoms with Crippen molar-refractivity contribution in [2.45, 2.75) is 51.5 Å². The molecule has 0 aromatic rings. The molecule has 13 heavy (non-hydrogen) atoms. The van der Waals surface area contributed by atoms with Gasteiger partial charge in [-0.25, -0.2) is 0 Å². The van der Waals surface area contributed by atoms with Crippen LogP contribution in [0.1, 0.15) is 46.0 Å². The van der Waals surface area contributed by atoms with Crippen LogP contribution in [-0.4, -0.2) is 18.0 Å². The van der Waals surface area contributed by atoms with Gasteiger partial charge in [0.15, 0.2) is 0 Å². The first kappa shape index (κ1) is 11.3. The van der Waals surface area contributed by atoms with Crippen molar-refractivity contribution in [2.24, 2.45) is 5.92 Å². The average Bonchev–Trinajstić information content (AvgIpc) is 2.16. The fourth-order valence-corrected chi connectivity index (χ4v) is 2.53. The molecule has 2 heteroatoms. The molecule has 0 aromatic carbocycles. The summed E-state index contributed by atoms with van der Waals surface area (Å²) < 4.78 is 0. The van der Waals surface area contributed by atoms with Crippen LogP contribution in [0.15, 0.2) is 0 Å². The molecule has 0 atom stereocenters. The number of hydrogen-bond acceptors (Lipinski definition) is 1. The molecule has 78 valence electrons. The lowest BCUT2D eigenvalue weighted by molar-refractivity contribution is 0.169. The lowest BCUT2D eigenvalue weighted by Gasteiger charge is -2.42. The maximum atomic E-state index is 5.72. The van der Waals surface area contributed by atoms with Gasteiger partial charge >= 0.3 is 0 Å². The van der Waals surface area contributed by atoms with E-state index in [0.717, 1.165) is 18.3 Å². The molecule has 1 nitrogen and oxygen atoms in total. The Morgan fingerprint density at radius 1 is 1.23 bits per heavy atom. The Labute approximate surface area is 87.2 Å². The van der Waals surface area contributed by atoms with Gasteiger partial charge in [0.05, 0.1) is 0 Å². The van der Waals surface area contributed by atoms with Crippen molar-refractivity contribution in [2.75, 3.05) is 12.4 Å². The van der Waals surface area contributed by atoms with Crippen molar-refractivity contribution in [3.63, 3.8) is 0 Å². The molecule has 1 aliphatic rings. The Balaban J connectivity index is 2.51. The molecule has 0 saturated heterocycles. The van der Waals surface area contributed by atoms with Crippen LogP contribution in [0.4, 0.5) is 0 Å². The van der Waals surface area contributed by atoms with Gasteiger partial charge in [-0.3, -0.25) is 0 Å². The Bertz CT molecular complexity index is 139. The van der Waals surface area contributed by atoms with Crippen molar-refractivity contribution < 1.29 is 0 Å². The zero-order chi connectivity index (χ0) is 9.73. The summed E-state index contributed by atoms with van der Waals surface area (Å²) in [4.78, 5) is 0. The average molecular weight is 204 g/mol.